The van der Waals surface area contributed by atoms with E-state index in [4.69, 9.17) is 40.2 Å². The van der Waals surface area contributed by atoms with Gasteiger partial charge in [-0.2, -0.15) is 0 Å². The summed E-state index contributed by atoms with van der Waals surface area (Å²) in [6.45, 7) is 2.85. The third kappa shape index (κ3) is 3.39. The first-order chi connectivity index (χ1) is 11.1. The van der Waals surface area contributed by atoms with Crippen LogP contribution in [0, 0.1) is 5.41 Å². The number of aromatic nitrogens is 1. The van der Waals surface area contributed by atoms with Crippen LogP contribution in [-0.4, -0.2) is 41.9 Å². The molecule has 1 fully saturated rings. The first-order valence-electron chi connectivity index (χ1n) is 7.21. The summed E-state index contributed by atoms with van der Waals surface area (Å²) in [5, 5.41) is 10.1. The largest absolute Gasteiger partial charge is 0.353 e. The summed E-state index contributed by atoms with van der Waals surface area (Å²) in [6, 6.07) is 8.93. The summed E-state index contributed by atoms with van der Waals surface area (Å²) in [5.74, 6) is 1.14. The van der Waals surface area contributed by atoms with Crippen LogP contribution in [0.1, 0.15) is 5.56 Å². The number of hydrogen-bond acceptors (Lipinski definition) is 3. The number of halogens is 3. The summed E-state index contributed by atoms with van der Waals surface area (Å²) in [4.78, 5) is 8.44. The van der Waals surface area contributed by atoms with E-state index in [1.807, 2.05) is 17.0 Å². The maximum Gasteiger partial charge on any atom is 0.147 e. The van der Waals surface area contributed by atoms with E-state index in [1.165, 1.54) is 0 Å². The second-order valence-corrected chi connectivity index (χ2v) is 6.45. The molecule has 2 aromatic rings. The van der Waals surface area contributed by atoms with Gasteiger partial charge in [0.1, 0.15) is 11.7 Å². The lowest BCUT2D eigenvalue weighted by Gasteiger charge is -2.37. The van der Waals surface area contributed by atoms with Gasteiger partial charge < -0.3 is 9.80 Å². The van der Waals surface area contributed by atoms with Crippen molar-refractivity contribution in [3.8, 4) is 0 Å². The number of nitrogens with zero attached hydrogens (tertiary/aromatic N) is 3. The lowest BCUT2D eigenvalue weighted by Crippen LogP contribution is -2.49. The first-order valence-corrected chi connectivity index (χ1v) is 8.34. The summed E-state index contributed by atoms with van der Waals surface area (Å²) in [5.41, 5.74) is 0.583. The molecule has 0 aliphatic carbocycles. The van der Waals surface area contributed by atoms with Gasteiger partial charge in [-0.05, 0) is 24.3 Å². The lowest BCUT2D eigenvalue weighted by molar-refractivity contribution is 0.383. The Bertz CT molecular complexity index is 707. The minimum absolute atomic E-state index is 0.354. The normalized spacial score (nSPS) is 14.9. The molecule has 0 atom stereocenters. The topological polar surface area (TPSA) is 43.2 Å². The Morgan fingerprint density at radius 1 is 0.913 bits per heavy atom. The summed E-state index contributed by atoms with van der Waals surface area (Å²) >= 11 is 18.6. The van der Waals surface area contributed by atoms with Crippen molar-refractivity contribution in [1.29, 1.82) is 5.41 Å². The molecule has 1 aliphatic rings. The second-order valence-electron chi connectivity index (χ2n) is 5.23. The zero-order chi connectivity index (χ0) is 16.4. The molecule has 1 aromatic carbocycles. The quantitative estimate of drug-likeness (QED) is 0.637. The van der Waals surface area contributed by atoms with E-state index in [9.17, 15) is 0 Å². The van der Waals surface area contributed by atoms with E-state index in [2.05, 4.69) is 9.88 Å². The molecule has 7 heteroatoms. The van der Waals surface area contributed by atoms with Crippen LogP contribution in [0.15, 0.2) is 36.5 Å². The Balaban J connectivity index is 1.72. The van der Waals surface area contributed by atoms with E-state index in [0.29, 0.717) is 39.6 Å². The van der Waals surface area contributed by atoms with Gasteiger partial charge in [0.15, 0.2) is 0 Å². The molecule has 0 unspecified atom stereocenters. The molecule has 23 heavy (non-hydrogen) atoms. The number of benzene rings is 1. The van der Waals surface area contributed by atoms with Crippen molar-refractivity contribution in [1.82, 2.24) is 9.88 Å². The predicted molar refractivity (Wildman–Crippen MR) is 96.3 cm³/mol. The van der Waals surface area contributed by atoms with Crippen LogP contribution >= 0.6 is 34.8 Å². The van der Waals surface area contributed by atoms with Crippen LogP contribution in [0.25, 0.3) is 0 Å². The van der Waals surface area contributed by atoms with Crippen LogP contribution in [0.5, 0.6) is 0 Å². The van der Waals surface area contributed by atoms with Crippen LogP contribution in [0.2, 0.25) is 15.1 Å². The molecule has 1 N–H and O–H groups in total. The number of anilines is 1. The van der Waals surface area contributed by atoms with Crippen molar-refractivity contribution in [2.45, 2.75) is 0 Å². The molecule has 120 valence electrons. The molecule has 2 heterocycles. The van der Waals surface area contributed by atoms with Crippen molar-refractivity contribution < 1.29 is 0 Å². The summed E-state index contributed by atoms with van der Waals surface area (Å²) in [6.07, 6.45) is 1.74. The number of amidine groups is 1. The van der Waals surface area contributed by atoms with Gasteiger partial charge >= 0.3 is 0 Å². The van der Waals surface area contributed by atoms with E-state index in [-0.39, 0.29) is 0 Å². The minimum atomic E-state index is 0.354. The summed E-state index contributed by atoms with van der Waals surface area (Å²) < 4.78 is 0. The minimum Gasteiger partial charge on any atom is -0.353 e. The number of rotatable bonds is 2. The maximum atomic E-state index is 8.42. The average molecular weight is 370 g/mol. The van der Waals surface area contributed by atoms with Gasteiger partial charge in [0, 0.05) is 32.4 Å². The Hall–Kier alpha value is -1.49. The molecule has 0 amide bonds. The zero-order valence-electron chi connectivity index (χ0n) is 12.3. The molecule has 3 rings (SSSR count). The second kappa shape index (κ2) is 6.95. The molecule has 0 bridgehead atoms. The number of piperazine rings is 1. The molecule has 0 spiro atoms. The Morgan fingerprint density at radius 3 is 2.13 bits per heavy atom. The lowest BCUT2D eigenvalue weighted by atomic mass is 10.1. The molecule has 0 radical (unpaired) electrons. The average Bonchev–Trinajstić information content (AvgIpc) is 2.55. The van der Waals surface area contributed by atoms with Gasteiger partial charge in [-0.25, -0.2) is 4.98 Å². The van der Waals surface area contributed by atoms with Gasteiger partial charge in [-0.15, -0.1) is 0 Å². The van der Waals surface area contributed by atoms with Crippen molar-refractivity contribution in [2.75, 3.05) is 31.1 Å². The van der Waals surface area contributed by atoms with Crippen molar-refractivity contribution in [3.63, 3.8) is 0 Å². The molecule has 4 nitrogen and oxygen atoms in total. The third-order valence-corrected chi connectivity index (χ3v) is 4.76. The summed E-state index contributed by atoms with van der Waals surface area (Å²) in [7, 11) is 0. The van der Waals surface area contributed by atoms with E-state index in [1.54, 1.807) is 24.4 Å². The van der Waals surface area contributed by atoms with Gasteiger partial charge in [0.2, 0.25) is 0 Å². The van der Waals surface area contributed by atoms with Crippen molar-refractivity contribution in [3.05, 3.63) is 57.2 Å². The van der Waals surface area contributed by atoms with E-state index >= 15 is 0 Å². The SMILES string of the molecule is N=C(c1c(Cl)cccc1Cl)N1CCN(c2ncccc2Cl)CC1. The molecular formula is C16H15Cl3N4. The van der Waals surface area contributed by atoms with E-state index in [0.717, 1.165) is 18.9 Å². The van der Waals surface area contributed by atoms with Crippen molar-refractivity contribution >= 4 is 46.5 Å². The smallest absolute Gasteiger partial charge is 0.147 e. The van der Waals surface area contributed by atoms with Gasteiger partial charge in [0.05, 0.1) is 20.6 Å². The van der Waals surface area contributed by atoms with Gasteiger partial charge in [-0.3, -0.25) is 5.41 Å². The van der Waals surface area contributed by atoms with E-state index < -0.39 is 0 Å². The van der Waals surface area contributed by atoms with Crippen LogP contribution in [0.3, 0.4) is 0 Å². The van der Waals surface area contributed by atoms with Gasteiger partial charge in [0.25, 0.3) is 0 Å². The Kier molecular flexibility index (Phi) is 4.95. The highest BCUT2D eigenvalue weighted by Gasteiger charge is 2.24. The number of nitrogens with one attached hydrogen (secondary N) is 1. The number of hydrogen-bond donors (Lipinski definition) is 1. The van der Waals surface area contributed by atoms with Crippen molar-refractivity contribution in [2.24, 2.45) is 0 Å². The fraction of sp³-hybridized carbons (Fsp3) is 0.250. The third-order valence-electron chi connectivity index (χ3n) is 3.83. The fourth-order valence-electron chi connectivity index (χ4n) is 2.63. The molecule has 1 saturated heterocycles. The highest BCUT2D eigenvalue weighted by atomic mass is 35.5. The number of pyridine rings is 1. The Morgan fingerprint density at radius 2 is 1.52 bits per heavy atom. The molecule has 0 saturated carbocycles. The van der Waals surface area contributed by atoms with Gasteiger partial charge in [-0.1, -0.05) is 40.9 Å². The van der Waals surface area contributed by atoms with Crippen LogP contribution in [-0.2, 0) is 0 Å². The zero-order valence-corrected chi connectivity index (χ0v) is 14.5. The van der Waals surface area contributed by atoms with Crippen LogP contribution < -0.4 is 4.90 Å². The standard InChI is InChI=1S/C16H15Cl3N4/c17-11-3-1-4-12(18)14(11)15(20)22-7-9-23(10-8-22)16-13(19)5-2-6-21-16/h1-6,20H,7-10H2. The maximum absolute atomic E-state index is 8.42. The first kappa shape index (κ1) is 16.4. The molecular weight excluding hydrogens is 355 g/mol. The fourth-order valence-corrected chi connectivity index (χ4v) is 3.45. The highest BCUT2D eigenvalue weighted by molar-refractivity contribution is 6.39. The predicted octanol–water partition coefficient (Wildman–Crippen LogP) is 4.19. The van der Waals surface area contributed by atoms with Crippen LogP contribution in [0.4, 0.5) is 5.82 Å². The Labute approximate surface area is 150 Å². The molecule has 1 aromatic heterocycles. The highest BCUT2D eigenvalue weighted by Crippen LogP contribution is 2.27. The monoisotopic (exact) mass is 368 g/mol. The molecule has 1 aliphatic heterocycles.